The molecule has 2 aromatic rings. The van der Waals surface area contributed by atoms with Gasteiger partial charge in [0.05, 0.1) is 0 Å². The zero-order chi connectivity index (χ0) is 19.9. The van der Waals surface area contributed by atoms with E-state index in [4.69, 9.17) is 9.47 Å². The maximum Gasteiger partial charge on any atom is 0.231 e. The Morgan fingerprint density at radius 2 is 1.62 bits per heavy atom. The standard InChI is InChI=1S/C23H29N3O3/c27-23(10-13-26-11-2-1-3-12-26)25-20-7-4-18(5-8-20)15-24-16-19-6-9-21-22(14-19)29-17-28-21/h4-9,14,24H,1-3,10-13,15-17H2,(H,25,27). The second-order valence-electron chi connectivity index (χ2n) is 7.69. The third kappa shape index (κ3) is 5.71. The molecule has 0 atom stereocenters. The molecule has 4 rings (SSSR count). The number of likely N-dealkylation sites (tertiary alicyclic amines) is 1. The predicted octanol–water partition coefficient (Wildman–Crippen LogP) is 3.52. The SMILES string of the molecule is O=C(CCN1CCCCC1)Nc1ccc(CNCc2ccc3c(c2)OCO3)cc1. The van der Waals surface area contributed by atoms with E-state index in [1.807, 2.05) is 42.5 Å². The lowest BCUT2D eigenvalue weighted by Crippen LogP contribution is -2.32. The lowest BCUT2D eigenvalue weighted by Gasteiger charge is -2.25. The van der Waals surface area contributed by atoms with Gasteiger partial charge in [-0.15, -0.1) is 0 Å². The second kappa shape index (κ2) is 9.76. The number of hydrogen-bond donors (Lipinski definition) is 2. The summed E-state index contributed by atoms with van der Waals surface area (Å²) >= 11 is 0. The molecule has 0 bridgehead atoms. The van der Waals surface area contributed by atoms with Crippen LogP contribution in [0.15, 0.2) is 42.5 Å². The van der Waals surface area contributed by atoms with Gasteiger partial charge in [0.15, 0.2) is 11.5 Å². The molecule has 0 saturated carbocycles. The predicted molar refractivity (Wildman–Crippen MR) is 113 cm³/mol. The monoisotopic (exact) mass is 395 g/mol. The Morgan fingerprint density at radius 1 is 0.897 bits per heavy atom. The number of nitrogens with one attached hydrogen (secondary N) is 2. The molecule has 0 aromatic heterocycles. The summed E-state index contributed by atoms with van der Waals surface area (Å²) in [6.45, 7) is 4.92. The summed E-state index contributed by atoms with van der Waals surface area (Å²) in [7, 11) is 0. The molecule has 1 saturated heterocycles. The number of fused-ring (bicyclic) bond motifs is 1. The fourth-order valence-electron chi connectivity index (χ4n) is 3.77. The maximum absolute atomic E-state index is 12.2. The van der Waals surface area contributed by atoms with Crippen molar-refractivity contribution in [2.24, 2.45) is 0 Å². The van der Waals surface area contributed by atoms with Gasteiger partial charge in [-0.05, 0) is 61.3 Å². The van der Waals surface area contributed by atoms with Crippen LogP contribution in [0.25, 0.3) is 0 Å². The largest absolute Gasteiger partial charge is 0.454 e. The highest BCUT2D eigenvalue weighted by molar-refractivity contribution is 5.90. The topological polar surface area (TPSA) is 62.8 Å². The van der Waals surface area contributed by atoms with Gasteiger partial charge in [-0.1, -0.05) is 24.6 Å². The second-order valence-corrected chi connectivity index (χ2v) is 7.69. The number of anilines is 1. The summed E-state index contributed by atoms with van der Waals surface area (Å²) in [4.78, 5) is 14.6. The Hall–Kier alpha value is -2.57. The van der Waals surface area contributed by atoms with Crippen LogP contribution in [-0.2, 0) is 17.9 Å². The van der Waals surface area contributed by atoms with Crippen LogP contribution in [0.4, 0.5) is 5.69 Å². The minimum Gasteiger partial charge on any atom is -0.454 e. The van der Waals surface area contributed by atoms with Gasteiger partial charge in [0.1, 0.15) is 0 Å². The van der Waals surface area contributed by atoms with Crippen molar-refractivity contribution in [1.82, 2.24) is 10.2 Å². The van der Waals surface area contributed by atoms with Crippen molar-refractivity contribution in [1.29, 1.82) is 0 Å². The molecular formula is C23H29N3O3. The van der Waals surface area contributed by atoms with Crippen molar-refractivity contribution in [3.8, 4) is 11.5 Å². The molecule has 6 heteroatoms. The first-order chi connectivity index (χ1) is 14.3. The first-order valence-corrected chi connectivity index (χ1v) is 10.5. The lowest BCUT2D eigenvalue weighted by atomic mass is 10.1. The molecule has 2 heterocycles. The van der Waals surface area contributed by atoms with Crippen LogP contribution in [0, 0.1) is 0 Å². The zero-order valence-corrected chi connectivity index (χ0v) is 16.8. The molecule has 2 aliphatic rings. The van der Waals surface area contributed by atoms with Crippen molar-refractivity contribution < 1.29 is 14.3 Å². The fraction of sp³-hybridized carbons (Fsp3) is 0.435. The average Bonchev–Trinajstić information content (AvgIpc) is 3.22. The number of piperidine rings is 1. The molecule has 2 N–H and O–H groups in total. The highest BCUT2D eigenvalue weighted by atomic mass is 16.7. The van der Waals surface area contributed by atoms with Crippen LogP contribution in [0.1, 0.15) is 36.8 Å². The molecule has 0 spiro atoms. The summed E-state index contributed by atoms with van der Waals surface area (Å²) in [6.07, 6.45) is 4.39. The number of amides is 1. The van der Waals surface area contributed by atoms with E-state index in [9.17, 15) is 4.79 Å². The molecule has 0 radical (unpaired) electrons. The quantitative estimate of drug-likeness (QED) is 0.716. The van der Waals surface area contributed by atoms with Crippen molar-refractivity contribution in [2.75, 3.05) is 31.7 Å². The highest BCUT2D eigenvalue weighted by Crippen LogP contribution is 2.32. The smallest absolute Gasteiger partial charge is 0.231 e. The molecule has 6 nitrogen and oxygen atoms in total. The van der Waals surface area contributed by atoms with Crippen molar-refractivity contribution in [3.63, 3.8) is 0 Å². The Kier molecular flexibility index (Phi) is 6.64. The van der Waals surface area contributed by atoms with E-state index in [0.29, 0.717) is 13.2 Å². The summed E-state index contributed by atoms with van der Waals surface area (Å²) < 4.78 is 10.8. The fourth-order valence-corrected chi connectivity index (χ4v) is 3.77. The minimum absolute atomic E-state index is 0.0873. The van der Waals surface area contributed by atoms with Crippen LogP contribution in [-0.4, -0.2) is 37.2 Å². The molecule has 2 aromatic carbocycles. The number of benzene rings is 2. The lowest BCUT2D eigenvalue weighted by molar-refractivity contribution is -0.116. The number of ether oxygens (including phenoxy) is 2. The van der Waals surface area contributed by atoms with E-state index in [0.717, 1.165) is 55.5 Å². The average molecular weight is 396 g/mol. The van der Waals surface area contributed by atoms with Crippen LogP contribution in [0.3, 0.4) is 0 Å². The number of carbonyl (C=O) groups is 1. The third-order valence-corrected chi connectivity index (χ3v) is 5.44. The number of rotatable bonds is 8. The Balaban J connectivity index is 1.18. The molecule has 2 aliphatic heterocycles. The minimum atomic E-state index is 0.0873. The molecule has 29 heavy (non-hydrogen) atoms. The third-order valence-electron chi connectivity index (χ3n) is 5.44. The van der Waals surface area contributed by atoms with E-state index in [-0.39, 0.29) is 5.91 Å². The van der Waals surface area contributed by atoms with E-state index in [1.165, 1.54) is 24.8 Å². The van der Waals surface area contributed by atoms with Crippen LogP contribution in [0.5, 0.6) is 11.5 Å². The normalized spacial score (nSPS) is 16.0. The van der Waals surface area contributed by atoms with Crippen molar-refractivity contribution >= 4 is 11.6 Å². The number of nitrogens with zero attached hydrogens (tertiary/aromatic N) is 1. The zero-order valence-electron chi connectivity index (χ0n) is 16.8. The maximum atomic E-state index is 12.2. The van der Waals surface area contributed by atoms with E-state index < -0.39 is 0 Å². The van der Waals surface area contributed by atoms with Gasteiger partial charge in [-0.2, -0.15) is 0 Å². The molecule has 0 unspecified atom stereocenters. The van der Waals surface area contributed by atoms with Gasteiger partial charge in [0, 0.05) is 31.7 Å². The molecule has 1 amide bonds. The molecule has 154 valence electrons. The summed E-state index contributed by atoms with van der Waals surface area (Å²) in [5.41, 5.74) is 3.19. The van der Waals surface area contributed by atoms with Gasteiger partial charge < -0.3 is 25.0 Å². The van der Waals surface area contributed by atoms with Crippen molar-refractivity contribution in [3.05, 3.63) is 53.6 Å². The van der Waals surface area contributed by atoms with Crippen LogP contribution in [0.2, 0.25) is 0 Å². The van der Waals surface area contributed by atoms with Gasteiger partial charge in [-0.25, -0.2) is 0 Å². The number of hydrogen-bond acceptors (Lipinski definition) is 5. The first-order valence-electron chi connectivity index (χ1n) is 10.5. The van der Waals surface area contributed by atoms with Crippen LogP contribution < -0.4 is 20.1 Å². The highest BCUT2D eigenvalue weighted by Gasteiger charge is 2.13. The molecule has 1 fully saturated rings. The van der Waals surface area contributed by atoms with E-state index in [1.54, 1.807) is 0 Å². The van der Waals surface area contributed by atoms with E-state index in [2.05, 4.69) is 15.5 Å². The Labute approximate surface area is 172 Å². The summed E-state index contributed by atoms with van der Waals surface area (Å²) in [6, 6.07) is 14.0. The number of carbonyl (C=O) groups excluding carboxylic acids is 1. The van der Waals surface area contributed by atoms with Crippen LogP contribution >= 0.6 is 0 Å². The van der Waals surface area contributed by atoms with E-state index >= 15 is 0 Å². The van der Waals surface area contributed by atoms with Gasteiger partial charge in [-0.3, -0.25) is 4.79 Å². The molecule has 0 aliphatic carbocycles. The van der Waals surface area contributed by atoms with Gasteiger partial charge >= 0.3 is 0 Å². The van der Waals surface area contributed by atoms with Crippen molar-refractivity contribution in [2.45, 2.75) is 38.8 Å². The van der Waals surface area contributed by atoms with Gasteiger partial charge in [0.2, 0.25) is 12.7 Å². The first kappa shape index (κ1) is 19.7. The summed E-state index contributed by atoms with van der Waals surface area (Å²) in [5.74, 6) is 1.70. The van der Waals surface area contributed by atoms with Gasteiger partial charge in [0.25, 0.3) is 0 Å². The Morgan fingerprint density at radius 3 is 2.45 bits per heavy atom. The molecular weight excluding hydrogens is 366 g/mol. The Bertz CT molecular complexity index is 817. The summed E-state index contributed by atoms with van der Waals surface area (Å²) in [5, 5.41) is 6.44.